The van der Waals surface area contributed by atoms with E-state index in [1.165, 1.54) is 32.1 Å². The maximum Gasteiger partial charge on any atom is 0.255 e. The molecule has 0 bridgehead atoms. The Labute approximate surface area is 141 Å². The van der Waals surface area contributed by atoms with E-state index in [2.05, 4.69) is 4.98 Å². The van der Waals surface area contributed by atoms with Gasteiger partial charge in [0, 0.05) is 25.1 Å². The van der Waals surface area contributed by atoms with Crippen LogP contribution >= 0.6 is 0 Å². The van der Waals surface area contributed by atoms with Crippen LogP contribution in [-0.4, -0.2) is 39.2 Å². The maximum atomic E-state index is 12.8. The fourth-order valence-electron chi connectivity index (χ4n) is 3.48. The molecule has 2 amide bonds. The Hall–Kier alpha value is -2.37. The highest BCUT2D eigenvalue weighted by atomic mass is 16.2. The summed E-state index contributed by atoms with van der Waals surface area (Å²) < 4.78 is 1.80. The van der Waals surface area contributed by atoms with E-state index in [9.17, 15) is 9.59 Å². The Morgan fingerprint density at radius 3 is 2.79 bits per heavy atom. The van der Waals surface area contributed by atoms with Gasteiger partial charge in [-0.15, -0.1) is 0 Å². The molecule has 0 spiro atoms. The number of pyridine rings is 1. The Morgan fingerprint density at radius 2 is 2.04 bits per heavy atom. The first-order valence-corrected chi connectivity index (χ1v) is 8.64. The van der Waals surface area contributed by atoms with Crippen LogP contribution in [0, 0.1) is 5.92 Å². The number of aromatic nitrogens is 2. The van der Waals surface area contributed by atoms with Gasteiger partial charge in [0.1, 0.15) is 5.65 Å². The molecule has 1 aliphatic rings. The van der Waals surface area contributed by atoms with Crippen molar-refractivity contribution < 1.29 is 9.59 Å². The van der Waals surface area contributed by atoms with Gasteiger partial charge in [0.15, 0.2) is 0 Å². The summed E-state index contributed by atoms with van der Waals surface area (Å²) >= 11 is 0. The summed E-state index contributed by atoms with van der Waals surface area (Å²) in [6.45, 7) is 0.544. The van der Waals surface area contributed by atoms with Gasteiger partial charge in [-0.25, -0.2) is 4.98 Å². The lowest BCUT2D eigenvalue weighted by Gasteiger charge is -2.26. The number of nitrogens with zero attached hydrogens (tertiary/aromatic N) is 3. The van der Waals surface area contributed by atoms with Gasteiger partial charge in [0.2, 0.25) is 5.91 Å². The third kappa shape index (κ3) is 3.93. The molecule has 128 valence electrons. The predicted octanol–water partition coefficient (Wildman–Crippen LogP) is 2.23. The summed E-state index contributed by atoms with van der Waals surface area (Å²) in [5.74, 6) is 0.0222. The zero-order valence-corrected chi connectivity index (χ0v) is 13.9. The zero-order chi connectivity index (χ0) is 16.9. The quantitative estimate of drug-likeness (QED) is 0.883. The molecule has 0 unspecified atom stereocenters. The number of fused-ring (bicyclic) bond motifs is 1. The van der Waals surface area contributed by atoms with E-state index in [4.69, 9.17) is 5.73 Å². The van der Waals surface area contributed by atoms with Crippen LogP contribution in [0.1, 0.15) is 48.9 Å². The number of carbonyl (C=O) groups is 2. The summed E-state index contributed by atoms with van der Waals surface area (Å²) in [5.41, 5.74) is 6.68. The molecule has 2 aromatic heterocycles. The van der Waals surface area contributed by atoms with Gasteiger partial charge in [-0.05, 0) is 24.5 Å². The minimum atomic E-state index is -0.476. The van der Waals surface area contributed by atoms with Gasteiger partial charge in [0.05, 0.1) is 12.1 Å². The van der Waals surface area contributed by atoms with Crippen LogP contribution in [-0.2, 0) is 4.79 Å². The smallest absolute Gasteiger partial charge is 0.255 e. The predicted molar refractivity (Wildman–Crippen MR) is 91.5 cm³/mol. The molecule has 3 rings (SSSR count). The number of carbonyl (C=O) groups excluding carboxylic acids is 2. The van der Waals surface area contributed by atoms with Crippen LogP contribution in [0.25, 0.3) is 5.65 Å². The summed E-state index contributed by atoms with van der Waals surface area (Å²) in [5, 5.41) is 0. The van der Waals surface area contributed by atoms with E-state index >= 15 is 0 Å². The van der Waals surface area contributed by atoms with E-state index in [1.54, 1.807) is 40.0 Å². The second kappa shape index (κ2) is 7.47. The lowest BCUT2D eigenvalue weighted by Crippen LogP contribution is -2.39. The standard InChI is InChI=1S/C18H24N4O2/c19-16(23)13-22(10-8-14-4-2-1-3-5-14)18(24)15-6-7-17-20-9-11-21(17)12-15/h6-7,9,11-12,14H,1-5,8,10,13H2,(H2,19,23). The van der Waals surface area contributed by atoms with Crippen LogP contribution in [0.15, 0.2) is 30.7 Å². The normalized spacial score (nSPS) is 15.5. The lowest BCUT2D eigenvalue weighted by atomic mass is 9.87. The molecule has 0 radical (unpaired) electrons. The molecule has 0 saturated heterocycles. The molecule has 1 saturated carbocycles. The highest BCUT2D eigenvalue weighted by molar-refractivity contribution is 5.96. The van der Waals surface area contributed by atoms with E-state index < -0.39 is 5.91 Å². The molecule has 1 fully saturated rings. The van der Waals surface area contributed by atoms with Crippen molar-refractivity contribution in [2.24, 2.45) is 11.7 Å². The highest BCUT2D eigenvalue weighted by Crippen LogP contribution is 2.26. The Balaban J connectivity index is 1.71. The van der Waals surface area contributed by atoms with Crippen molar-refractivity contribution in [3.63, 3.8) is 0 Å². The van der Waals surface area contributed by atoms with E-state index in [0.29, 0.717) is 18.0 Å². The Morgan fingerprint density at radius 1 is 1.25 bits per heavy atom. The minimum Gasteiger partial charge on any atom is -0.368 e. The molecule has 2 aromatic rings. The number of nitrogens with two attached hydrogens (primary N) is 1. The van der Waals surface area contributed by atoms with Crippen LogP contribution < -0.4 is 5.73 Å². The van der Waals surface area contributed by atoms with Crippen LogP contribution in [0.4, 0.5) is 0 Å². The van der Waals surface area contributed by atoms with Gasteiger partial charge < -0.3 is 15.0 Å². The lowest BCUT2D eigenvalue weighted by molar-refractivity contribution is -0.118. The van der Waals surface area contributed by atoms with Crippen molar-refractivity contribution in [3.05, 3.63) is 36.3 Å². The van der Waals surface area contributed by atoms with Crippen molar-refractivity contribution in [3.8, 4) is 0 Å². The molecule has 0 aromatic carbocycles. The zero-order valence-electron chi connectivity index (χ0n) is 13.9. The number of hydrogen-bond donors (Lipinski definition) is 1. The third-order valence-electron chi connectivity index (χ3n) is 4.80. The van der Waals surface area contributed by atoms with Crippen molar-refractivity contribution in [2.45, 2.75) is 38.5 Å². The average Bonchev–Trinajstić information content (AvgIpc) is 3.06. The van der Waals surface area contributed by atoms with Gasteiger partial charge in [-0.2, -0.15) is 0 Å². The molecule has 6 heteroatoms. The Kier molecular flexibility index (Phi) is 5.13. The van der Waals surface area contributed by atoms with Crippen LogP contribution in [0.2, 0.25) is 0 Å². The molecule has 0 atom stereocenters. The van der Waals surface area contributed by atoms with Crippen molar-refractivity contribution in [2.75, 3.05) is 13.1 Å². The summed E-state index contributed by atoms with van der Waals surface area (Å²) in [6.07, 6.45) is 12.5. The molecule has 2 heterocycles. The van der Waals surface area contributed by atoms with E-state index in [-0.39, 0.29) is 12.5 Å². The van der Waals surface area contributed by atoms with Gasteiger partial charge in [-0.3, -0.25) is 9.59 Å². The fraction of sp³-hybridized carbons (Fsp3) is 0.500. The topological polar surface area (TPSA) is 80.7 Å². The van der Waals surface area contributed by atoms with Crippen molar-refractivity contribution in [1.82, 2.24) is 14.3 Å². The molecule has 2 N–H and O–H groups in total. The molecule has 0 aliphatic heterocycles. The number of hydrogen-bond acceptors (Lipinski definition) is 3. The maximum absolute atomic E-state index is 12.8. The van der Waals surface area contributed by atoms with Crippen molar-refractivity contribution in [1.29, 1.82) is 0 Å². The van der Waals surface area contributed by atoms with Crippen LogP contribution in [0.3, 0.4) is 0 Å². The van der Waals surface area contributed by atoms with Gasteiger partial charge in [0.25, 0.3) is 5.91 Å². The molecule has 6 nitrogen and oxygen atoms in total. The van der Waals surface area contributed by atoms with Crippen molar-refractivity contribution >= 4 is 17.5 Å². The van der Waals surface area contributed by atoms with Gasteiger partial charge in [-0.1, -0.05) is 32.1 Å². The Bertz CT molecular complexity index is 719. The number of rotatable bonds is 6. The third-order valence-corrected chi connectivity index (χ3v) is 4.80. The largest absolute Gasteiger partial charge is 0.368 e. The summed E-state index contributed by atoms with van der Waals surface area (Å²) in [7, 11) is 0. The highest BCUT2D eigenvalue weighted by Gasteiger charge is 2.21. The van der Waals surface area contributed by atoms with Crippen LogP contribution in [0.5, 0.6) is 0 Å². The molecule has 24 heavy (non-hydrogen) atoms. The molecule has 1 aliphatic carbocycles. The number of amides is 2. The first kappa shape index (κ1) is 16.5. The molecular weight excluding hydrogens is 304 g/mol. The first-order chi connectivity index (χ1) is 11.6. The number of primary amides is 1. The van der Waals surface area contributed by atoms with E-state index in [1.807, 2.05) is 0 Å². The monoisotopic (exact) mass is 328 g/mol. The van der Waals surface area contributed by atoms with E-state index in [0.717, 1.165) is 12.1 Å². The summed E-state index contributed by atoms with van der Waals surface area (Å²) in [6, 6.07) is 3.55. The minimum absolute atomic E-state index is 0.0342. The van der Waals surface area contributed by atoms with Gasteiger partial charge >= 0.3 is 0 Å². The second-order valence-corrected chi connectivity index (χ2v) is 6.60. The second-order valence-electron chi connectivity index (χ2n) is 6.60. The summed E-state index contributed by atoms with van der Waals surface area (Å²) in [4.78, 5) is 29.9. The fourth-order valence-corrected chi connectivity index (χ4v) is 3.48. The first-order valence-electron chi connectivity index (χ1n) is 8.64. The number of imidazole rings is 1. The SMILES string of the molecule is NC(=O)CN(CCC1CCCCC1)C(=O)c1ccc2nccn2c1. The average molecular weight is 328 g/mol. The molecular formula is C18H24N4O2.